The number of aldehydes is 1. The summed E-state index contributed by atoms with van der Waals surface area (Å²) in [6, 6.07) is 1.51. The molecule has 2 N–H and O–H groups in total. The van der Waals surface area contributed by atoms with Crippen molar-refractivity contribution >= 4 is 23.7 Å². The molecule has 0 bridgehead atoms. The van der Waals surface area contributed by atoms with Crippen LogP contribution in [0, 0.1) is 0 Å². The number of nitrogens with zero attached hydrogens (tertiary/aromatic N) is 1. The standard InChI is InChI=1S/C6H5ClN2O/c7-5-4(3-10)1-2-9-6(5)8/h1-3H,(H2,8,9). The zero-order valence-corrected chi connectivity index (χ0v) is 5.80. The van der Waals surface area contributed by atoms with Gasteiger partial charge in [-0.15, -0.1) is 0 Å². The molecule has 0 atom stereocenters. The van der Waals surface area contributed by atoms with Crippen molar-refractivity contribution in [2.24, 2.45) is 0 Å². The Kier molecular flexibility index (Phi) is 1.87. The number of hydrogen-bond acceptors (Lipinski definition) is 3. The summed E-state index contributed by atoms with van der Waals surface area (Å²) < 4.78 is 0. The molecule has 1 aromatic heterocycles. The highest BCUT2D eigenvalue weighted by Crippen LogP contribution is 2.18. The Morgan fingerprint density at radius 3 is 2.90 bits per heavy atom. The molecule has 1 rings (SSSR count). The van der Waals surface area contributed by atoms with E-state index in [9.17, 15) is 4.79 Å². The van der Waals surface area contributed by atoms with E-state index < -0.39 is 0 Å². The van der Waals surface area contributed by atoms with E-state index in [1.165, 1.54) is 12.3 Å². The van der Waals surface area contributed by atoms with Gasteiger partial charge in [-0.2, -0.15) is 0 Å². The second-order valence-electron chi connectivity index (χ2n) is 1.72. The highest BCUT2D eigenvalue weighted by Gasteiger charge is 2.01. The van der Waals surface area contributed by atoms with Crippen molar-refractivity contribution in [3.8, 4) is 0 Å². The zero-order valence-electron chi connectivity index (χ0n) is 5.04. The van der Waals surface area contributed by atoms with Crippen LogP contribution in [-0.2, 0) is 0 Å². The highest BCUT2D eigenvalue weighted by atomic mass is 35.5. The Labute approximate surface area is 62.8 Å². The number of nitrogen functional groups attached to an aromatic ring is 1. The number of carbonyl (C=O) groups is 1. The number of nitrogens with two attached hydrogens (primary N) is 1. The molecule has 0 aliphatic heterocycles. The van der Waals surface area contributed by atoms with Gasteiger partial charge < -0.3 is 5.73 Å². The fourth-order valence-electron chi connectivity index (χ4n) is 0.567. The van der Waals surface area contributed by atoms with E-state index in [0.717, 1.165) is 0 Å². The average Bonchev–Trinajstić information content (AvgIpc) is 1.95. The first kappa shape index (κ1) is 7.02. The molecule has 0 saturated heterocycles. The van der Waals surface area contributed by atoms with E-state index in [2.05, 4.69) is 4.98 Å². The van der Waals surface area contributed by atoms with Gasteiger partial charge in [0.1, 0.15) is 5.82 Å². The molecule has 0 aliphatic carbocycles. The normalized spacial score (nSPS) is 9.30. The second kappa shape index (κ2) is 2.66. The SMILES string of the molecule is Nc1nccc(C=O)c1Cl. The average molecular weight is 157 g/mol. The lowest BCUT2D eigenvalue weighted by molar-refractivity contribution is 0.112. The molecule has 0 aliphatic rings. The molecule has 0 fully saturated rings. The van der Waals surface area contributed by atoms with Crippen LogP contribution in [0.25, 0.3) is 0 Å². The van der Waals surface area contributed by atoms with Crippen LogP contribution in [0.4, 0.5) is 5.82 Å². The lowest BCUT2D eigenvalue weighted by Gasteiger charge is -1.96. The summed E-state index contributed by atoms with van der Waals surface area (Å²) in [7, 11) is 0. The summed E-state index contributed by atoms with van der Waals surface area (Å²) in [4.78, 5) is 13.9. The molecule has 0 spiro atoms. The Hall–Kier alpha value is -1.09. The van der Waals surface area contributed by atoms with Crippen molar-refractivity contribution in [1.82, 2.24) is 4.98 Å². The first-order valence-corrected chi connectivity index (χ1v) is 2.98. The summed E-state index contributed by atoms with van der Waals surface area (Å²) in [6.45, 7) is 0. The highest BCUT2D eigenvalue weighted by molar-refractivity contribution is 6.35. The predicted molar refractivity (Wildman–Crippen MR) is 39.0 cm³/mol. The first-order chi connectivity index (χ1) is 4.75. The van der Waals surface area contributed by atoms with Crippen LogP contribution in [0.15, 0.2) is 12.3 Å². The molecule has 0 radical (unpaired) electrons. The lowest BCUT2D eigenvalue weighted by Crippen LogP contribution is -1.93. The van der Waals surface area contributed by atoms with Gasteiger partial charge in [-0.3, -0.25) is 4.79 Å². The number of carbonyl (C=O) groups excluding carboxylic acids is 1. The van der Waals surface area contributed by atoms with Crippen molar-refractivity contribution in [2.75, 3.05) is 5.73 Å². The quantitative estimate of drug-likeness (QED) is 0.621. The van der Waals surface area contributed by atoms with Gasteiger partial charge in [0.25, 0.3) is 0 Å². The van der Waals surface area contributed by atoms with Crippen LogP contribution >= 0.6 is 11.6 Å². The van der Waals surface area contributed by atoms with Gasteiger partial charge in [0.2, 0.25) is 0 Å². The molecule has 4 heteroatoms. The van der Waals surface area contributed by atoms with Gasteiger partial charge in [0.15, 0.2) is 6.29 Å². The third kappa shape index (κ3) is 1.09. The summed E-state index contributed by atoms with van der Waals surface area (Å²) >= 11 is 5.57. The Bertz CT molecular complexity index is 262. The fraction of sp³-hybridized carbons (Fsp3) is 0. The van der Waals surface area contributed by atoms with E-state index >= 15 is 0 Å². The molecular formula is C6H5ClN2O. The van der Waals surface area contributed by atoms with Crippen LogP contribution < -0.4 is 5.73 Å². The molecule has 1 aromatic rings. The van der Waals surface area contributed by atoms with Crippen molar-refractivity contribution < 1.29 is 4.79 Å². The molecule has 1 heterocycles. The number of hydrogen-bond donors (Lipinski definition) is 1. The summed E-state index contributed by atoms with van der Waals surface area (Å²) in [5, 5.41) is 0.220. The van der Waals surface area contributed by atoms with E-state index in [1.54, 1.807) is 0 Å². The maximum atomic E-state index is 10.2. The van der Waals surface area contributed by atoms with E-state index in [1.807, 2.05) is 0 Å². The summed E-state index contributed by atoms with van der Waals surface area (Å²) in [5.41, 5.74) is 5.66. The van der Waals surface area contributed by atoms with E-state index in [-0.39, 0.29) is 10.8 Å². The van der Waals surface area contributed by atoms with Gasteiger partial charge in [-0.05, 0) is 6.07 Å². The first-order valence-electron chi connectivity index (χ1n) is 2.61. The van der Waals surface area contributed by atoms with E-state index in [0.29, 0.717) is 11.8 Å². The van der Waals surface area contributed by atoms with Crippen molar-refractivity contribution in [2.45, 2.75) is 0 Å². The monoisotopic (exact) mass is 156 g/mol. The zero-order chi connectivity index (χ0) is 7.56. The molecule has 0 unspecified atom stereocenters. The maximum Gasteiger partial charge on any atom is 0.151 e. The predicted octanol–water partition coefficient (Wildman–Crippen LogP) is 1.13. The van der Waals surface area contributed by atoms with Gasteiger partial charge in [0, 0.05) is 11.8 Å². The second-order valence-corrected chi connectivity index (χ2v) is 2.10. The van der Waals surface area contributed by atoms with Gasteiger partial charge >= 0.3 is 0 Å². The molecule has 52 valence electrons. The van der Waals surface area contributed by atoms with Crippen molar-refractivity contribution in [1.29, 1.82) is 0 Å². The maximum absolute atomic E-state index is 10.2. The van der Waals surface area contributed by atoms with Crippen LogP contribution in [0.2, 0.25) is 5.02 Å². The third-order valence-corrected chi connectivity index (χ3v) is 1.48. The smallest absolute Gasteiger partial charge is 0.151 e. The summed E-state index contributed by atoms with van der Waals surface area (Å²) in [6.07, 6.45) is 2.07. The topological polar surface area (TPSA) is 56.0 Å². The Morgan fingerprint density at radius 2 is 2.40 bits per heavy atom. The Balaban J connectivity index is 3.27. The molecule has 0 aromatic carbocycles. The van der Waals surface area contributed by atoms with Gasteiger partial charge in [-0.25, -0.2) is 4.98 Å². The molecule has 3 nitrogen and oxygen atoms in total. The molecular weight excluding hydrogens is 152 g/mol. The minimum Gasteiger partial charge on any atom is -0.382 e. The fourth-order valence-corrected chi connectivity index (χ4v) is 0.723. The lowest BCUT2D eigenvalue weighted by atomic mass is 10.3. The molecule has 10 heavy (non-hydrogen) atoms. The number of anilines is 1. The molecule has 0 saturated carbocycles. The van der Waals surface area contributed by atoms with Gasteiger partial charge in [-0.1, -0.05) is 11.6 Å². The Morgan fingerprint density at radius 1 is 1.70 bits per heavy atom. The largest absolute Gasteiger partial charge is 0.382 e. The molecule has 0 amide bonds. The van der Waals surface area contributed by atoms with Crippen LogP contribution in [-0.4, -0.2) is 11.3 Å². The van der Waals surface area contributed by atoms with Crippen molar-refractivity contribution in [3.63, 3.8) is 0 Å². The van der Waals surface area contributed by atoms with Gasteiger partial charge in [0.05, 0.1) is 5.02 Å². The summed E-state index contributed by atoms with van der Waals surface area (Å²) in [5.74, 6) is 0.186. The van der Waals surface area contributed by atoms with Crippen molar-refractivity contribution in [3.05, 3.63) is 22.8 Å². The third-order valence-electron chi connectivity index (χ3n) is 1.07. The number of pyridine rings is 1. The minimum absolute atomic E-state index is 0.186. The van der Waals surface area contributed by atoms with Crippen LogP contribution in [0.1, 0.15) is 10.4 Å². The number of aromatic nitrogens is 1. The number of rotatable bonds is 1. The number of halogens is 1. The van der Waals surface area contributed by atoms with Crippen LogP contribution in [0.3, 0.4) is 0 Å². The minimum atomic E-state index is 0.186. The van der Waals surface area contributed by atoms with Crippen LogP contribution in [0.5, 0.6) is 0 Å². The van der Waals surface area contributed by atoms with E-state index in [4.69, 9.17) is 17.3 Å².